The fraction of sp³-hybridized carbons (Fsp3) is 0.105. The molecule has 0 amide bonds. The van der Waals surface area contributed by atoms with E-state index in [0.29, 0.717) is 5.69 Å². The molecule has 0 aliphatic heterocycles. The molecule has 0 saturated carbocycles. The second kappa shape index (κ2) is 7.38. The zero-order valence-corrected chi connectivity index (χ0v) is 13.9. The number of aromatic nitrogens is 1. The lowest BCUT2D eigenvalue weighted by Crippen LogP contribution is -2.31. The summed E-state index contributed by atoms with van der Waals surface area (Å²) in [5, 5.41) is 0. The summed E-state index contributed by atoms with van der Waals surface area (Å²) in [7, 11) is -3.52. The van der Waals surface area contributed by atoms with E-state index >= 15 is 0 Å². The van der Waals surface area contributed by atoms with Crippen molar-refractivity contribution in [2.24, 2.45) is 0 Å². The molecule has 122 valence electrons. The van der Waals surface area contributed by atoms with Crippen LogP contribution in [-0.4, -0.2) is 13.4 Å². The van der Waals surface area contributed by atoms with Crippen molar-refractivity contribution in [1.29, 1.82) is 0 Å². The summed E-state index contributed by atoms with van der Waals surface area (Å²) >= 11 is 0. The van der Waals surface area contributed by atoms with E-state index in [-0.39, 0.29) is 5.75 Å². The minimum atomic E-state index is -3.52. The molecular formula is C19H18N2O2S. The van der Waals surface area contributed by atoms with Gasteiger partial charge in [-0.3, -0.25) is 4.98 Å². The summed E-state index contributed by atoms with van der Waals surface area (Å²) in [6.45, 7) is 0. The van der Waals surface area contributed by atoms with E-state index < -0.39 is 16.1 Å². The molecule has 4 nitrogen and oxygen atoms in total. The summed E-state index contributed by atoms with van der Waals surface area (Å²) in [5.41, 5.74) is 2.27. The zero-order valence-electron chi connectivity index (χ0n) is 13.0. The Labute approximate surface area is 142 Å². The monoisotopic (exact) mass is 338 g/mol. The maximum atomic E-state index is 12.6. The number of pyridine rings is 1. The van der Waals surface area contributed by atoms with Crippen molar-refractivity contribution in [3.8, 4) is 0 Å². The topological polar surface area (TPSA) is 59.1 Å². The van der Waals surface area contributed by atoms with Crippen molar-refractivity contribution in [3.63, 3.8) is 0 Å². The summed E-state index contributed by atoms with van der Waals surface area (Å²) in [6, 6.07) is 23.6. The molecule has 0 saturated heterocycles. The fourth-order valence-electron chi connectivity index (χ4n) is 2.51. The van der Waals surface area contributed by atoms with E-state index in [2.05, 4.69) is 9.71 Å². The van der Waals surface area contributed by atoms with Gasteiger partial charge in [0, 0.05) is 6.20 Å². The quantitative estimate of drug-likeness (QED) is 0.750. The van der Waals surface area contributed by atoms with Gasteiger partial charge in [0.25, 0.3) is 0 Å². The van der Waals surface area contributed by atoms with E-state index in [4.69, 9.17) is 0 Å². The first-order valence-corrected chi connectivity index (χ1v) is 9.29. The molecule has 1 aromatic heterocycles. The highest BCUT2D eigenvalue weighted by atomic mass is 32.2. The zero-order chi connectivity index (χ0) is 16.8. The van der Waals surface area contributed by atoms with Gasteiger partial charge in [-0.05, 0) is 23.3 Å². The van der Waals surface area contributed by atoms with Crippen LogP contribution in [0.2, 0.25) is 0 Å². The van der Waals surface area contributed by atoms with E-state index in [1.165, 1.54) is 0 Å². The summed E-state index contributed by atoms with van der Waals surface area (Å²) in [4.78, 5) is 4.32. The third-order valence-corrected chi connectivity index (χ3v) is 4.92. The lowest BCUT2D eigenvalue weighted by molar-refractivity contribution is 0.569. The summed E-state index contributed by atoms with van der Waals surface area (Å²) < 4.78 is 28.0. The second-order valence-corrected chi connectivity index (χ2v) is 7.21. The van der Waals surface area contributed by atoms with Gasteiger partial charge in [0.15, 0.2) is 0 Å². The molecule has 1 N–H and O–H groups in total. The Kier molecular flexibility index (Phi) is 5.03. The average molecular weight is 338 g/mol. The van der Waals surface area contributed by atoms with Crippen molar-refractivity contribution in [2.45, 2.75) is 11.8 Å². The van der Waals surface area contributed by atoms with Crippen LogP contribution in [0.5, 0.6) is 0 Å². The number of nitrogens with zero attached hydrogens (tertiary/aromatic N) is 1. The molecule has 1 atom stereocenters. The highest BCUT2D eigenvalue weighted by Crippen LogP contribution is 2.21. The van der Waals surface area contributed by atoms with Crippen LogP contribution in [0, 0.1) is 0 Å². The Morgan fingerprint density at radius 2 is 1.46 bits per heavy atom. The van der Waals surface area contributed by atoms with Crippen LogP contribution in [0.1, 0.15) is 22.9 Å². The smallest absolute Gasteiger partial charge is 0.216 e. The summed E-state index contributed by atoms with van der Waals surface area (Å²) in [5.74, 6) is -0.0655. The summed E-state index contributed by atoms with van der Waals surface area (Å²) in [6.07, 6.45) is 1.66. The standard InChI is InChI=1S/C19H18N2O2S/c22-24(23,15-16-9-3-1-4-10-16)21-19(17-11-5-2-6-12-17)18-13-7-8-14-20-18/h1-14,19,21H,15H2. The van der Waals surface area contributed by atoms with Gasteiger partial charge < -0.3 is 0 Å². The second-order valence-electron chi connectivity index (χ2n) is 5.46. The van der Waals surface area contributed by atoms with Crippen LogP contribution < -0.4 is 4.72 Å². The van der Waals surface area contributed by atoms with Gasteiger partial charge in [-0.2, -0.15) is 0 Å². The van der Waals surface area contributed by atoms with E-state index in [1.807, 2.05) is 66.7 Å². The van der Waals surface area contributed by atoms with Gasteiger partial charge >= 0.3 is 0 Å². The van der Waals surface area contributed by atoms with Gasteiger partial charge in [0.1, 0.15) is 0 Å². The first-order valence-electron chi connectivity index (χ1n) is 7.64. The van der Waals surface area contributed by atoms with Crippen LogP contribution in [0.25, 0.3) is 0 Å². The highest BCUT2D eigenvalue weighted by Gasteiger charge is 2.22. The minimum absolute atomic E-state index is 0.0655. The lowest BCUT2D eigenvalue weighted by atomic mass is 10.0. The molecule has 0 spiro atoms. The van der Waals surface area contributed by atoms with E-state index in [0.717, 1.165) is 11.1 Å². The lowest BCUT2D eigenvalue weighted by Gasteiger charge is -2.19. The van der Waals surface area contributed by atoms with Crippen molar-refractivity contribution >= 4 is 10.0 Å². The first kappa shape index (κ1) is 16.4. The Morgan fingerprint density at radius 3 is 2.08 bits per heavy atom. The normalized spacial score (nSPS) is 12.7. The Morgan fingerprint density at radius 1 is 0.833 bits per heavy atom. The van der Waals surface area contributed by atoms with E-state index in [9.17, 15) is 8.42 Å². The fourth-order valence-corrected chi connectivity index (χ4v) is 3.84. The highest BCUT2D eigenvalue weighted by molar-refractivity contribution is 7.88. The molecule has 5 heteroatoms. The molecule has 24 heavy (non-hydrogen) atoms. The third-order valence-electron chi connectivity index (χ3n) is 3.61. The van der Waals surface area contributed by atoms with Crippen molar-refractivity contribution in [2.75, 3.05) is 0 Å². The SMILES string of the molecule is O=S(=O)(Cc1ccccc1)NC(c1ccccc1)c1ccccn1. The number of sulfonamides is 1. The maximum Gasteiger partial charge on any atom is 0.216 e. The molecule has 0 aliphatic rings. The molecule has 0 radical (unpaired) electrons. The third kappa shape index (κ3) is 4.28. The molecule has 0 fully saturated rings. The first-order chi connectivity index (χ1) is 11.6. The van der Waals surface area contributed by atoms with Crippen LogP contribution in [0.3, 0.4) is 0 Å². The van der Waals surface area contributed by atoms with Crippen LogP contribution >= 0.6 is 0 Å². The number of hydrogen-bond acceptors (Lipinski definition) is 3. The molecule has 2 aromatic carbocycles. The van der Waals surface area contributed by atoms with Crippen molar-refractivity contribution in [3.05, 3.63) is 102 Å². The molecule has 1 heterocycles. The predicted octanol–water partition coefficient (Wildman–Crippen LogP) is 3.29. The van der Waals surface area contributed by atoms with Gasteiger partial charge in [-0.15, -0.1) is 0 Å². The molecule has 3 aromatic rings. The van der Waals surface area contributed by atoms with Crippen LogP contribution in [0.4, 0.5) is 0 Å². The molecule has 1 unspecified atom stereocenters. The Hall–Kier alpha value is -2.50. The predicted molar refractivity (Wildman–Crippen MR) is 94.7 cm³/mol. The Balaban J connectivity index is 1.89. The number of nitrogens with one attached hydrogen (secondary N) is 1. The Bertz CT molecular complexity index is 828. The molecule has 3 rings (SSSR count). The molecular weight excluding hydrogens is 320 g/mol. The average Bonchev–Trinajstić information content (AvgIpc) is 2.62. The maximum absolute atomic E-state index is 12.6. The molecule has 0 bridgehead atoms. The van der Waals surface area contributed by atoms with Crippen LogP contribution in [-0.2, 0) is 15.8 Å². The van der Waals surface area contributed by atoms with Crippen molar-refractivity contribution < 1.29 is 8.42 Å². The van der Waals surface area contributed by atoms with Gasteiger partial charge in [0.2, 0.25) is 10.0 Å². The largest absolute Gasteiger partial charge is 0.259 e. The van der Waals surface area contributed by atoms with Gasteiger partial charge in [0.05, 0.1) is 17.5 Å². The van der Waals surface area contributed by atoms with Crippen molar-refractivity contribution in [1.82, 2.24) is 9.71 Å². The number of hydrogen-bond donors (Lipinski definition) is 1. The van der Waals surface area contributed by atoms with Gasteiger partial charge in [-0.25, -0.2) is 13.1 Å². The van der Waals surface area contributed by atoms with Gasteiger partial charge in [-0.1, -0.05) is 66.7 Å². The van der Waals surface area contributed by atoms with Crippen LogP contribution in [0.15, 0.2) is 85.1 Å². The number of rotatable bonds is 6. The molecule has 0 aliphatic carbocycles. The van der Waals surface area contributed by atoms with E-state index in [1.54, 1.807) is 18.3 Å². The minimum Gasteiger partial charge on any atom is -0.259 e. The number of benzene rings is 2.